The van der Waals surface area contributed by atoms with E-state index in [2.05, 4.69) is 15.9 Å². The second-order valence-corrected chi connectivity index (χ2v) is 4.61. The van der Waals surface area contributed by atoms with E-state index in [-0.39, 0.29) is 18.4 Å². The van der Waals surface area contributed by atoms with Gasteiger partial charge in [-0.2, -0.15) is 5.26 Å². The monoisotopic (exact) mass is 298 g/mol. The molecule has 0 aromatic heterocycles. The van der Waals surface area contributed by atoms with Gasteiger partial charge in [0.1, 0.15) is 5.82 Å². The molecule has 0 spiro atoms. The topological polar surface area (TPSA) is 44.1 Å². The molecule has 0 saturated heterocycles. The van der Waals surface area contributed by atoms with Crippen LogP contribution in [0.3, 0.4) is 0 Å². The molecule has 0 saturated carbocycles. The van der Waals surface area contributed by atoms with Gasteiger partial charge >= 0.3 is 0 Å². The molecular formula is C12H12BrFN2O. The van der Waals surface area contributed by atoms with E-state index >= 15 is 0 Å². The number of carbonyl (C=O) groups excluding carboxylic acids is 1. The smallest absolute Gasteiger partial charge is 0.255 e. The highest BCUT2D eigenvalue weighted by Gasteiger charge is 2.19. The molecule has 0 radical (unpaired) electrons. The number of nitriles is 1. The van der Waals surface area contributed by atoms with Crippen LogP contribution in [0, 0.1) is 17.1 Å². The van der Waals surface area contributed by atoms with Gasteiger partial charge in [0.05, 0.1) is 18.1 Å². The van der Waals surface area contributed by atoms with Gasteiger partial charge in [-0.05, 0) is 41.1 Å². The number of benzene rings is 1. The SMILES string of the molecule is CC(CC#N)N(C)C(=O)c1ccc(F)cc1Br. The Hall–Kier alpha value is -1.41. The number of amides is 1. The van der Waals surface area contributed by atoms with Gasteiger partial charge in [0, 0.05) is 17.6 Å². The van der Waals surface area contributed by atoms with Crippen molar-refractivity contribution < 1.29 is 9.18 Å². The number of hydrogen-bond donors (Lipinski definition) is 0. The summed E-state index contributed by atoms with van der Waals surface area (Å²) in [7, 11) is 1.63. The average molecular weight is 299 g/mol. The Balaban J connectivity index is 2.93. The fourth-order valence-corrected chi connectivity index (χ4v) is 1.84. The number of hydrogen-bond acceptors (Lipinski definition) is 2. The van der Waals surface area contributed by atoms with Crippen LogP contribution in [0.2, 0.25) is 0 Å². The number of nitrogens with zero attached hydrogens (tertiary/aromatic N) is 2. The summed E-state index contributed by atoms with van der Waals surface area (Å²) < 4.78 is 13.3. The summed E-state index contributed by atoms with van der Waals surface area (Å²) in [5, 5.41) is 8.58. The van der Waals surface area contributed by atoms with E-state index < -0.39 is 5.82 Å². The predicted molar refractivity (Wildman–Crippen MR) is 65.9 cm³/mol. The van der Waals surface area contributed by atoms with Crippen molar-refractivity contribution in [3.8, 4) is 6.07 Å². The first-order valence-corrected chi connectivity index (χ1v) is 5.85. The lowest BCUT2D eigenvalue weighted by atomic mass is 10.1. The van der Waals surface area contributed by atoms with Gasteiger partial charge in [0.15, 0.2) is 0 Å². The molecule has 90 valence electrons. The molecule has 3 nitrogen and oxygen atoms in total. The molecule has 0 heterocycles. The van der Waals surface area contributed by atoms with Crippen molar-refractivity contribution in [2.45, 2.75) is 19.4 Å². The largest absolute Gasteiger partial charge is 0.338 e. The second-order valence-electron chi connectivity index (χ2n) is 3.75. The van der Waals surface area contributed by atoms with Crippen LogP contribution in [0.25, 0.3) is 0 Å². The van der Waals surface area contributed by atoms with E-state index in [0.717, 1.165) is 0 Å². The molecule has 1 amide bonds. The first-order valence-electron chi connectivity index (χ1n) is 5.06. The van der Waals surface area contributed by atoms with Gasteiger partial charge in [-0.25, -0.2) is 4.39 Å². The van der Waals surface area contributed by atoms with Crippen LogP contribution >= 0.6 is 15.9 Å². The summed E-state index contributed by atoms with van der Waals surface area (Å²) in [6, 6.07) is 5.75. The molecule has 0 aliphatic carbocycles. The Morgan fingerprint density at radius 1 is 1.65 bits per heavy atom. The third kappa shape index (κ3) is 3.27. The molecule has 0 aliphatic heterocycles. The first kappa shape index (κ1) is 13.7. The molecule has 17 heavy (non-hydrogen) atoms. The summed E-state index contributed by atoms with van der Waals surface area (Å²) in [6.45, 7) is 1.79. The van der Waals surface area contributed by atoms with Crippen LogP contribution in [0.15, 0.2) is 22.7 Å². The summed E-state index contributed by atoms with van der Waals surface area (Å²) in [5.41, 5.74) is 0.388. The Morgan fingerprint density at radius 3 is 2.82 bits per heavy atom. The van der Waals surface area contributed by atoms with Crippen molar-refractivity contribution in [2.24, 2.45) is 0 Å². The van der Waals surface area contributed by atoms with E-state index in [1.165, 1.54) is 23.1 Å². The molecule has 0 bridgehead atoms. The van der Waals surface area contributed by atoms with Crippen LogP contribution in [0.4, 0.5) is 4.39 Å². The third-order valence-electron chi connectivity index (χ3n) is 2.53. The standard InChI is InChI=1S/C12H12BrFN2O/c1-8(5-6-15)16(2)12(17)10-4-3-9(14)7-11(10)13/h3-4,7-8H,5H2,1-2H3. The Labute approximate surface area is 108 Å². The zero-order valence-electron chi connectivity index (χ0n) is 9.58. The predicted octanol–water partition coefficient (Wildman–Crippen LogP) is 2.96. The lowest BCUT2D eigenvalue weighted by molar-refractivity contribution is 0.0745. The van der Waals surface area contributed by atoms with Crippen LogP contribution < -0.4 is 0 Å². The van der Waals surface area contributed by atoms with Gasteiger partial charge in [-0.1, -0.05) is 0 Å². The third-order valence-corrected chi connectivity index (χ3v) is 3.19. The Bertz CT molecular complexity index is 470. The number of carbonyl (C=O) groups is 1. The van der Waals surface area contributed by atoms with Crippen molar-refractivity contribution in [1.29, 1.82) is 5.26 Å². The molecule has 1 aromatic rings. The highest BCUT2D eigenvalue weighted by atomic mass is 79.9. The van der Waals surface area contributed by atoms with Gasteiger partial charge in [-0.15, -0.1) is 0 Å². The van der Waals surface area contributed by atoms with E-state index in [9.17, 15) is 9.18 Å². The fourth-order valence-electron chi connectivity index (χ4n) is 1.32. The van der Waals surface area contributed by atoms with Crippen LogP contribution in [0.5, 0.6) is 0 Å². The molecule has 0 aliphatic rings. The second kappa shape index (κ2) is 5.78. The highest BCUT2D eigenvalue weighted by Crippen LogP contribution is 2.20. The van der Waals surface area contributed by atoms with Crippen molar-refractivity contribution in [1.82, 2.24) is 4.90 Å². The Kier molecular flexibility index (Phi) is 4.64. The van der Waals surface area contributed by atoms with Crippen LogP contribution in [-0.2, 0) is 0 Å². The van der Waals surface area contributed by atoms with Crippen molar-refractivity contribution in [2.75, 3.05) is 7.05 Å². The van der Waals surface area contributed by atoms with E-state index in [1.54, 1.807) is 14.0 Å². The highest BCUT2D eigenvalue weighted by molar-refractivity contribution is 9.10. The molecule has 1 unspecified atom stereocenters. The minimum atomic E-state index is -0.402. The minimum Gasteiger partial charge on any atom is -0.338 e. The molecular weight excluding hydrogens is 287 g/mol. The fraction of sp³-hybridized carbons (Fsp3) is 0.333. The average Bonchev–Trinajstić information content (AvgIpc) is 2.27. The zero-order chi connectivity index (χ0) is 13.0. The van der Waals surface area contributed by atoms with E-state index in [4.69, 9.17) is 5.26 Å². The number of rotatable bonds is 3. The lowest BCUT2D eigenvalue weighted by Crippen LogP contribution is -2.35. The van der Waals surface area contributed by atoms with Crippen LogP contribution in [-0.4, -0.2) is 23.9 Å². The molecule has 1 rings (SSSR count). The van der Waals surface area contributed by atoms with Crippen molar-refractivity contribution >= 4 is 21.8 Å². The van der Waals surface area contributed by atoms with Gasteiger partial charge in [0.2, 0.25) is 0 Å². The summed E-state index contributed by atoms with van der Waals surface area (Å²) in [5.74, 6) is -0.638. The van der Waals surface area contributed by atoms with Crippen molar-refractivity contribution in [3.63, 3.8) is 0 Å². The minimum absolute atomic E-state index is 0.176. The quantitative estimate of drug-likeness (QED) is 0.861. The molecule has 1 atom stereocenters. The zero-order valence-corrected chi connectivity index (χ0v) is 11.2. The molecule has 1 aromatic carbocycles. The molecule has 0 N–H and O–H groups in total. The van der Waals surface area contributed by atoms with Gasteiger partial charge in [0.25, 0.3) is 5.91 Å². The molecule has 5 heteroatoms. The normalized spacial score (nSPS) is 11.7. The van der Waals surface area contributed by atoms with E-state index in [1.807, 2.05) is 6.07 Å². The van der Waals surface area contributed by atoms with Gasteiger partial charge < -0.3 is 4.90 Å². The summed E-state index contributed by atoms with van der Waals surface area (Å²) in [4.78, 5) is 13.5. The Morgan fingerprint density at radius 2 is 2.29 bits per heavy atom. The van der Waals surface area contributed by atoms with Gasteiger partial charge in [-0.3, -0.25) is 4.79 Å². The number of halogens is 2. The molecule has 0 fully saturated rings. The van der Waals surface area contributed by atoms with E-state index in [0.29, 0.717) is 10.0 Å². The summed E-state index contributed by atoms with van der Waals surface area (Å²) in [6.07, 6.45) is 0.265. The maximum absolute atomic E-state index is 12.9. The maximum atomic E-state index is 12.9. The first-order chi connectivity index (χ1) is 7.97. The van der Waals surface area contributed by atoms with Crippen LogP contribution in [0.1, 0.15) is 23.7 Å². The lowest BCUT2D eigenvalue weighted by Gasteiger charge is -2.23. The van der Waals surface area contributed by atoms with Crippen molar-refractivity contribution in [3.05, 3.63) is 34.1 Å². The maximum Gasteiger partial charge on any atom is 0.255 e. The summed E-state index contributed by atoms with van der Waals surface area (Å²) >= 11 is 3.15.